The van der Waals surface area contributed by atoms with E-state index in [1.807, 2.05) is 0 Å². The lowest BCUT2D eigenvalue weighted by molar-refractivity contribution is -0.169. The zero-order valence-electron chi connectivity index (χ0n) is 13.8. The van der Waals surface area contributed by atoms with Crippen LogP contribution in [-0.2, 0) is 14.9 Å². The number of nitrogens with zero attached hydrogens (tertiary/aromatic N) is 1. The smallest absolute Gasteiger partial charge is 0.316 e. The molecule has 3 saturated heterocycles. The Morgan fingerprint density at radius 3 is 2.52 bits per heavy atom. The highest BCUT2D eigenvalue weighted by atomic mass is 35.5. The first-order valence-electron chi connectivity index (χ1n) is 8.68. The number of hydrogen-bond donors (Lipinski definition) is 0. The average Bonchev–Trinajstić information content (AvgIpc) is 2.47. The normalized spacial score (nSPS) is 30.9. The van der Waals surface area contributed by atoms with Gasteiger partial charge in [-0.2, -0.15) is 0 Å². The van der Waals surface area contributed by atoms with Crippen molar-refractivity contribution in [1.29, 1.82) is 0 Å². The zero-order chi connectivity index (χ0) is 15.2. The molecule has 1 aromatic rings. The van der Waals surface area contributed by atoms with Crippen molar-refractivity contribution < 1.29 is 9.53 Å². The van der Waals surface area contributed by atoms with Crippen LogP contribution in [0.2, 0.25) is 0 Å². The van der Waals surface area contributed by atoms with Crippen molar-refractivity contribution in [2.45, 2.75) is 50.5 Å². The third kappa shape index (κ3) is 2.89. The molecule has 3 aliphatic heterocycles. The summed E-state index contributed by atoms with van der Waals surface area (Å²) in [5.41, 5.74) is 2.02. The Bertz CT molecular complexity index is 576. The molecule has 1 aliphatic carbocycles. The first-order chi connectivity index (χ1) is 10.7. The summed E-state index contributed by atoms with van der Waals surface area (Å²) in [5.74, 6) is 0.617. The Hall–Kier alpha value is -1.06. The Morgan fingerprint density at radius 2 is 2.00 bits per heavy atom. The molecule has 1 unspecified atom stereocenters. The first kappa shape index (κ1) is 16.8. The Balaban J connectivity index is 0.00000156. The van der Waals surface area contributed by atoms with Crippen molar-refractivity contribution in [3.8, 4) is 0 Å². The summed E-state index contributed by atoms with van der Waals surface area (Å²) < 4.78 is 6.05. The minimum Gasteiger partial charge on any atom is -0.460 e. The van der Waals surface area contributed by atoms with E-state index in [2.05, 4.69) is 36.1 Å². The molecule has 1 aromatic carbocycles. The van der Waals surface area contributed by atoms with Gasteiger partial charge in [0.05, 0.1) is 5.41 Å². The highest BCUT2D eigenvalue weighted by Crippen LogP contribution is 2.46. The molecule has 0 aromatic heterocycles. The van der Waals surface area contributed by atoms with E-state index in [-0.39, 0.29) is 29.9 Å². The molecule has 0 amide bonds. The van der Waals surface area contributed by atoms with Crippen LogP contribution in [0.5, 0.6) is 0 Å². The van der Waals surface area contributed by atoms with Gasteiger partial charge in [-0.05, 0) is 57.2 Å². The van der Waals surface area contributed by atoms with Crippen molar-refractivity contribution >= 4 is 18.4 Å². The molecule has 126 valence electrons. The number of rotatable bonds is 3. The third-order valence-corrected chi connectivity index (χ3v) is 6.02. The number of aryl methyl sites for hydroxylation is 1. The molecular formula is C19H26ClNO2. The van der Waals surface area contributed by atoms with Crippen LogP contribution in [0.4, 0.5) is 0 Å². The van der Waals surface area contributed by atoms with E-state index < -0.39 is 0 Å². The van der Waals surface area contributed by atoms with Crippen LogP contribution in [0.1, 0.15) is 43.2 Å². The van der Waals surface area contributed by atoms with Gasteiger partial charge in [-0.1, -0.05) is 36.2 Å². The van der Waals surface area contributed by atoms with E-state index in [1.165, 1.54) is 31.5 Å². The van der Waals surface area contributed by atoms with Crippen LogP contribution in [0, 0.1) is 12.8 Å². The summed E-state index contributed by atoms with van der Waals surface area (Å²) in [7, 11) is 0. The largest absolute Gasteiger partial charge is 0.460 e. The molecule has 4 aliphatic rings. The summed E-state index contributed by atoms with van der Waals surface area (Å²) in [5, 5.41) is 0. The van der Waals surface area contributed by atoms with Crippen LogP contribution < -0.4 is 0 Å². The monoisotopic (exact) mass is 335 g/mol. The van der Waals surface area contributed by atoms with E-state index in [9.17, 15) is 4.79 Å². The third-order valence-electron chi connectivity index (χ3n) is 6.02. The number of esters is 1. The summed E-state index contributed by atoms with van der Waals surface area (Å²) >= 11 is 0. The molecule has 0 spiro atoms. The number of hydrogen-bond acceptors (Lipinski definition) is 3. The highest BCUT2D eigenvalue weighted by Gasteiger charge is 2.49. The molecule has 4 heteroatoms. The molecule has 23 heavy (non-hydrogen) atoms. The number of carbonyl (C=O) groups excluding carboxylic acids is 1. The first-order valence-corrected chi connectivity index (χ1v) is 8.68. The fraction of sp³-hybridized carbons (Fsp3) is 0.632. The van der Waals surface area contributed by atoms with Crippen molar-refractivity contribution in [2.75, 3.05) is 19.6 Å². The van der Waals surface area contributed by atoms with E-state index in [0.717, 1.165) is 31.4 Å². The summed E-state index contributed by atoms with van der Waals surface area (Å²) in [4.78, 5) is 15.4. The van der Waals surface area contributed by atoms with Gasteiger partial charge in [-0.3, -0.25) is 9.69 Å². The second-order valence-corrected chi connectivity index (χ2v) is 7.39. The van der Waals surface area contributed by atoms with Gasteiger partial charge in [0.25, 0.3) is 0 Å². The molecule has 3 heterocycles. The van der Waals surface area contributed by atoms with Gasteiger partial charge in [-0.25, -0.2) is 0 Å². The van der Waals surface area contributed by atoms with Gasteiger partial charge in [0.15, 0.2) is 0 Å². The van der Waals surface area contributed by atoms with Crippen molar-refractivity contribution in [3.63, 3.8) is 0 Å². The van der Waals surface area contributed by atoms with Gasteiger partial charge in [0.1, 0.15) is 6.10 Å². The van der Waals surface area contributed by atoms with E-state index in [4.69, 9.17) is 4.74 Å². The zero-order valence-corrected chi connectivity index (χ0v) is 14.6. The minimum atomic E-state index is -0.363. The van der Waals surface area contributed by atoms with Crippen molar-refractivity contribution in [3.05, 3.63) is 35.4 Å². The molecule has 1 saturated carbocycles. The molecule has 4 fully saturated rings. The van der Waals surface area contributed by atoms with Gasteiger partial charge in [-0.15, -0.1) is 12.4 Å². The summed E-state index contributed by atoms with van der Waals surface area (Å²) in [6, 6.07) is 8.42. The Morgan fingerprint density at radius 1 is 1.26 bits per heavy atom. The van der Waals surface area contributed by atoms with Gasteiger partial charge < -0.3 is 4.74 Å². The Labute approximate surface area is 144 Å². The van der Waals surface area contributed by atoms with Crippen LogP contribution >= 0.6 is 12.4 Å². The fourth-order valence-electron chi connectivity index (χ4n) is 4.38. The molecule has 5 rings (SSSR count). The van der Waals surface area contributed by atoms with Crippen LogP contribution in [0.3, 0.4) is 0 Å². The quantitative estimate of drug-likeness (QED) is 0.792. The second kappa shape index (κ2) is 6.45. The van der Waals surface area contributed by atoms with Gasteiger partial charge >= 0.3 is 5.97 Å². The number of ether oxygens (including phenoxy) is 1. The SMILES string of the molecule is Cc1cccc(C2(C(=O)OC3CN4CCC3CC4)CCC2)c1.Cl. The van der Waals surface area contributed by atoms with Crippen LogP contribution in [0.25, 0.3) is 0 Å². The second-order valence-electron chi connectivity index (χ2n) is 7.39. The summed E-state index contributed by atoms with van der Waals surface area (Å²) in [6.07, 6.45) is 5.51. The standard InChI is InChI=1S/C19H25NO2.ClH/c1-14-4-2-5-16(12-14)19(8-3-9-19)18(21)22-17-13-20-10-6-15(17)7-11-20;/h2,4-5,12,15,17H,3,6-11,13H2,1H3;1H. The number of benzene rings is 1. The van der Waals surface area contributed by atoms with Gasteiger partial charge in [0.2, 0.25) is 0 Å². The number of fused-ring (bicyclic) bond motifs is 3. The Kier molecular flexibility index (Phi) is 4.70. The number of halogens is 1. The predicted molar refractivity (Wildman–Crippen MR) is 93.0 cm³/mol. The van der Waals surface area contributed by atoms with Crippen molar-refractivity contribution in [1.82, 2.24) is 4.90 Å². The van der Waals surface area contributed by atoms with E-state index in [0.29, 0.717) is 5.92 Å². The van der Waals surface area contributed by atoms with Crippen molar-refractivity contribution in [2.24, 2.45) is 5.92 Å². The molecule has 3 nitrogen and oxygen atoms in total. The minimum absolute atomic E-state index is 0. The van der Waals surface area contributed by atoms with E-state index in [1.54, 1.807) is 0 Å². The van der Waals surface area contributed by atoms with Gasteiger partial charge in [0, 0.05) is 6.54 Å². The topological polar surface area (TPSA) is 29.5 Å². The average molecular weight is 336 g/mol. The molecule has 0 radical (unpaired) electrons. The number of carbonyl (C=O) groups is 1. The predicted octanol–water partition coefficient (Wildman–Crippen LogP) is 3.48. The fourth-order valence-corrected chi connectivity index (χ4v) is 4.38. The maximum absolute atomic E-state index is 13.0. The van der Waals surface area contributed by atoms with Crippen LogP contribution in [0.15, 0.2) is 24.3 Å². The maximum atomic E-state index is 13.0. The maximum Gasteiger partial charge on any atom is 0.316 e. The highest BCUT2D eigenvalue weighted by molar-refractivity contribution is 5.85. The molecule has 1 atom stereocenters. The number of piperidine rings is 3. The van der Waals surface area contributed by atoms with E-state index >= 15 is 0 Å². The lowest BCUT2D eigenvalue weighted by atomic mass is 9.64. The molecule has 2 bridgehead atoms. The molecular weight excluding hydrogens is 310 g/mol. The lowest BCUT2D eigenvalue weighted by Crippen LogP contribution is -2.54. The van der Waals surface area contributed by atoms with Crippen LogP contribution in [-0.4, -0.2) is 36.6 Å². The molecule has 0 N–H and O–H groups in total. The lowest BCUT2D eigenvalue weighted by Gasteiger charge is -2.46. The summed E-state index contributed by atoms with van der Waals surface area (Å²) in [6.45, 7) is 5.40.